The van der Waals surface area contributed by atoms with E-state index in [9.17, 15) is 19.3 Å². The number of carboxylic acid groups (broad SMARTS) is 1. The highest BCUT2D eigenvalue weighted by molar-refractivity contribution is 5.65. The van der Waals surface area contributed by atoms with Gasteiger partial charge < -0.3 is 15.3 Å². The lowest BCUT2D eigenvalue weighted by atomic mass is 9.98. The molecule has 0 aromatic carbocycles. The number of fused-ring (bicyclic) bond motifs is 1. The summed E-state index contributed by atoms with van der Waals surface area (Å²) in [4.78, 5) is 35.8. The lowest BCUT2D eigenvalue weighted by Crippen LogP contribution is -2.41. The van der Waals surface area contributed by atoms with Crippen LogP contribution in [0.5, 0.6) is 0 Å². The van der Waals surface area contributed by atoms with E-state index in [0.717, 1.165) is 19.0 Å². The van der Waals surface area contributed by atoms with Crippen LogP contribution in [0.15, 0.2) is 30.7 Å². The topological polar surface area (TPSA) is 139 Å². The van der Waals surface area contributed by atoms with Crippen LogP contribution in [0.3, 0.4) is 0 Å². The molecule has 1 aliphatic heterocycles. The first-order valence-corrected chi connectivity index (χ1v) is 9.28. The molecule has 1 saturated heterocycles. The number of carbonyl (C=O) groups is 1. The average Bonchev–Trinajstić information content (AvgIpc) is 3.15. The fourth-order valence-corrected chi connectivity index (χ4v) is 3.53. The second-order valence-corrected chi connectivity index (χ2v) is 7.02. The minimum atomic E-state index is -0.977. The van der Waals surface area contributed by atoms with Crippen LogP contribution >= 0.6 is 0 Å². The summed E-state index contributed by atoms with van der Waals surface area (Å²) in [6, 6.07) is 2.78. The van der Waals surface area contributed by atoms with Gasteiger partial charge in [-0.15, -0.1) is 0 Å². The number of rotatable bonds is 5. The molecular formula is C18H18FN7O4. The monoisotopic (exact) mass is 415 g/mol. The minimum Gasteiger partial charge on any atom is -0.465 e. The van der Waals surface area contributed by atoms with Gasteiger partial charge in [0, 0.05) is 25.8 Å². The van der Waals surface area contributed by atoms with Crippen LogP contribution in [0, 0.1) is 21.8 Å². The Morgan fingerprint density at radius 1 is 1.37 bits per heavy atom. The van der Waals surface area contributed by atoms with E-state index >= 15 is 0 Å². The third-order valence-corrected chi connectivity index (χ3v) is 5.01. The maximum absolute atomic E-state index is 13.6. The number of nitrogens with zero attached hydrogens (tertiary/aromatic N) is 6. The molecule has 3 aromatic rings. The summed E-state index contributed by atoms with van der Waals surface area (Å²) < 4.78 is 15.1. The number of anilines is 1. The molecule has 0 saturated carbocycles. The van der Waals surface area contributed by atoms with E-state index in [1.807, 2.05) is 0 Å². The van der Waals surface area contributed by atoms with E-state index in [1.54, 1.807) is 0 Å². The number of nitro groups is 1. The van der Waals surface area contributed by atoms with Crippen LogP contribution in [0.4, 0.5) is 20.7 Å². The van der Waals surface area contributed by atoms with Gasteiger partial charge in [0.1, 0.15) is 23.4 Å². The Bertz CT molecular complexity index is 1120. The van der Waals surface area contributed by atoms with Gasteiger partial charge in [0.15, 0.2) is 5.82 Å². The van der Waals surface area contributed by atoms with E-state index in [-0.39, 0.29) is 23.2 Å². The Labute approximate surface area is 169 Å². The first-order chi connectivity index (χ1) is 14.4. The van der Waals surface area contributed by atoms with Crippen molar-refractivity contribution in [1.29, 1.82) is 0 Å². The highest BCUT2D eigenvalue weighted by Crippen LogP contribution is 2.26. The maximum Gasteiger partial charge on any atom is 0.407 e. The van der Waals surface area contributed by atoms with Crippen molar-refractivity contribution in [1.82, 2.24) is 24.3 Å². The molecule has 12 heteroatoms. The van der Waals surface area contributed by atoms with E-state index in [4.69, 9.17) is 5.11 Å². The number of piperidine rings is 1. The second kappa shape index (κ2) is 7.89. The zero-order chi connectivity index (χ0) is 21.3. The molecule has 0 spiro atoms. The van der Waals surface area contributed by atoms with E-state index in [1.165, 1.54) is 33.8 Å². The third kappa shape index (κ3) is 3.83. The molecule has 0 aliphatic carbocycles. The van der Waals surface area contributed by atoms with Crippen LogP contribution in [0.2, 0.25) is 0 Å². The lowest BCUT2D eigenvalue weighted by molar-refractivity contribution is -0.384. The first-order valence-electron chi connectivity index (χ1n) is 9.28. The Hall–Kier alpha value is -3.83. The van der Waals surface area contributed by atoms with Gasteiger partial charge in [0.05, 0.1) is 11.1 Å². The number of pyridine rings is 1. The number of imidazole rings is 1. The molecule has 30 heavy (non-hydrogen) atoms. The van der Waals surface area contributed by atoms with Gasteiger partial charge in [-0.05, 0) is 30.9 Å². The molecule has 1 atom stereocenters. The normalized spacial score (nSPS) is 16.6. The fourth-order valence-electron chi connectivity index (χ4n) is 3.53. The molecule has 1 fully saturated rings. The van der Waals surface area contributed by atoms with Crippen molar-refractivity contribution in [2.45, 2.75) is 12.8 Å². The number of aromatic nitrogens is 4. The second-order valence-electron chi connectivity index (χ2n) is 7.02. The summed E-state index contributed by atoms with van der Waals surface area (Å²) >= 11 is 0. The molecule has 156 valence electrons. The predicted molar refractivity (Wildman–Crippen MR) is 104 cm³/mol. The van der Waals surface area contributed by atoms with Crippen molar-refractivity contribution in [2.75, 3.05) is 25.0 Å². The number of amides is 1. The van der Waals surface area contributed by atoms with Gasteiger partial charge in [-0.2, -0.15) is 0 Å². The Balaban J connectivity index is 1.61. The highest BCUT2D eigenvalue weighted by Gasteiger charge is 2.25. The number of nitrogens with one attached hydrogen (secondary N) is 1. The van der Waals surface area contributed by atoms with Crippen molar-refractivity contribution in [3.8, 4) is 11.5 Å². The maximum atomic E-state index is 13.6. The molecule has 1 aliphatic rings. The van der Waals surface area contributed by atoms with Crippen molar-refractivity contribution >= 4 is 23.2 Å². The summed E-state index contributed by atoms with van der Waals surface area (Å²) in [7, 11) is 0. The SMILES string of the molecule is O=C(O)N1CCC[C@@H](CNc2nc(-c3cnc4ccc(F)cn34)ncc2[N+](=O)[O-])C1. The highest BCUT2D eigenvalue weighted by atomic mass is 19.1. The Morgan fingerprint density at radius 2 is 2.20 bits per heavy atom. The van der Waals surface area contributed by atoms with Gasteiger partial charge in [-0.3, -0.25) is 14.5 Å². The van der Waals surface area contributed by atoms with Gasteiger partial charge in [-0.25, -0.2) is 24.1 Å². The van der Waals surface area contributed by atoms with Crippen molar-refractivity contribution in [3.05, 3.63) is 46.7 Å². The van der Waals surface area contributed by atoms with Gasteiger partial charge in [0.2, 0.25) is 5.82 Å². The molecule has 1 amide bonds. The number of likely N-dealkylation sites (tertiary alicyclic amines) is 1. The number of hydrogen-bond donors (Lipinski definition) is 2. The average molecular weight is 415 g/mol. The van der Waals surface area contributed by atoms with Crippen molar-refractivity contribution in [3.63, 3.8) is 0 Å². The smallest absolute Gasteiger partial charge is 0.407 e. The quantitative estimate of drug-likeness (QED) is 0.479. The summed E-state index contributed by atoms with van der Waals surface area (Å²) in [5.74, 6) is -0.305. The van der Waals surface area contributed by atoms with E-state index < -0.39 is 16.8 Å². The molecule has 4 heterocycles. The number of hydrogen-bond acceptors (Lipinski definition) is 7. The molecule has 11 nitrogen and oxygen atoms in total. The van der Waals surface area contributed by atoms with Crippen LogP contribution in [0.25, 0.3) is 17.2 Å². The fraction of sp³-hybridized carbons (Fsp3) is 0.333. The Kier molecular flexibility index (Phi) is 5.12. The molecule has 0 bridgehead atoms. The number of halogens is 1. The largest absolute Gasteiger partial charge is 0.465 e. The van der Waals surface area contributed by atoms with Gasteiger partial charge in [-0.1, -0.05) is 0 Å². The minimum absolute atomic E-state index is 0.00207. The Morgan fingerprint density at radius 3 is 2.97 bits per heavy atom. The zero-order valence-electron chi connectivity index (χ0n) is 15.7. The van der Waals surface area contributed by atoms with Crippen LogP contribution < -0.4 is 5.32 Å². The van der Waals surface area contributed by atoms with Crippen LogP contribution in [0.1, 0.15) is 12.8 Å². The summed E-state index contributed by atoms with van der Waals surface area (Å²) in [6.45, 7) is 1.15. The molecule has 4 rings (SSSR count). The standard InChI is InChI=1S/C18H18FN7O4/c19-12-3-4-15-20-7-13(25(15)10-12)16-22-8-14(26(29)30)17(23-16)21-6-11-2-1-5-24(9-11)18(27)28/h3-4,7-8,10-11H,1-2,5-6,9H2,(H,27,28)(H,21,22,23)/t11-/m0/s1. The van der Waals surface area contributed by atoms with Crippen molar-refractivity contribution in [2.24, 2.45) is 5.92 Å². The van der Waals surface area contributed by atoms with Gasteiger partial charge in [0.25, 0.3) is 0 Å². The summed E-state index contributed by atoms with van der Waals surface area (Å²) in [5.41, 5.74) is 0.570. The molecule has 0 unspecified atom stereocenters. The lowest BCUT2D eigenvalue weighted by Gasteiger charge is -2.30. The predicted octanol–water partition coefficient (Wildman–Crippen LogP) is 2.64. The van der Waals surface area contributed by atoms with E-state index in [0.29, 0.717) is 31.0 Å². The van der Waals surface area contributed by atoms with Crippen LogP contribution in [-0.2, 0) is 0 Å². The zero-order valence-corrected chi connectivity index (χ0v) is 15.7. The molecule has 2 N–H and O–H groups in total. The molecular weight excluding hydrogens is 397 g/mol. The van der Waals surface area contributed by atoms with E-state index in [2.05, 4.69) is 20.3 Å². The molecule has 3 aromatic heterocycles. The third-order valence-electron chi connectivity index (χ3n) is 5.01. The van der Waals surface area contributed by atoms with Crippen LogP contribution in [-0.4, -0.2) is 60.0 Å². The first kappa shape index (κ1) is 19.5. The molecule has 0 radical (unpaired) electrons. The van der Waals surface area contributed by atoms with Crippen molar-refractivity contribution < 1.29 is 19.2 Å². The summed E-state index contributed by atoms with van der Waals surface area (Å²) in [5, 5.41) is 23.5. The summed E-state index contributed by atoms with van der Waals surface area (Å²) in [6.07, 6.45) is 4.34. The van der Waals surface area contributed by atoms with Gasteiger partial charge >= 0.3 is 11.8 Å².